The van der Waals surface area contributed by atoms with Gasteiger partial charge in [0.1, 0.15) is 0 Å². The molecule has 1 N–H and O–H groups in total. The maximum Gasteiger partial charge on any atom is 0.227 e. The maximum atomic E-state index is 12.2. The van der Waals surface area contributed by atoms with E-state index in [1.807, 2.05) is 18.7 Å². The number of aliphatic hydroxyl groups excluding tert-OH is 1. The number of nitrogens with zero attached hydrogens (tertiary/aromatic N) is 1. The molecule has 2 rings (SSSR count). The van der Waals surface area contributed by atoms with Crippen LogP contribution in [-0.4, -0.2) is 35.1 Å². The summed E-state index contributed by atoms with van der Waals surface area (Å²) >= 11 is 0. The summed E-state index contributed by atoms with van der Waals surface area (Å²) in [5.41, 5.74) is 3.48. The molecule has 1 heterocycles. The van der Waals surface area contributed by atoms with Gasteiger partial charge >= 0.3 is 0 Å². The van der Waals surface area contributed by atoms with Crippen molar-refractivity contribution in [1.82, 2.24) is 4.90 Å². The first-order chi connectivity index (χ1) is 8.56. The second-order valence-electron chi connectivity index (χ2n) is 5.22. The van der Waals surface area contributed by atoms with Crippen LogP contribution in [0.4, 0.5) is 0 Å². The molecule has 0 radical (unpaired) electrons. The fourth-order valence-electron chi connectivity index (χ4n) is 2.38. The van der Waals surface area contributed by atoms with Crippen molar-refractivity contribution in [1.29, 1.82) is 0 Å². The van der Waals surface area contributed by atoms with Crippen LogP contribution in [-0.2, 0) is 11.2 Å². The van der Waals surface area contributed by atoms with Crippen molar-refractivity contribution >= 4 is 5.91 Å². The topological polar surface area (TPSA) is 40.5 Å². The van der Waals surface area contributed by atoms with Gasteiger partial charge in [-0.05, 0) is 37.8 Å². The molecule has 1 saturated heterocycles. The van der Waals surface area contributed by atoms with Gasteiger partial charge in [-0.15, -0.1) is 0 Å². The zero-order chi connectivity index (χ0) is 13.1. The molecule has 0 spiro atoms. The number of amides is 1. The lowest BCUT2D eigenvalue weighted by Crippen LogP contribution is -2.40. The van der Waals surface area contributed by atoms with Crippen LogP contribution in [0, 0.1) is 13.8 Å². The molecule has 1 fully saturated rings. The van der Waals surface area contributed by atoms with E-state index >= 15 is 0 Å². The molecule has 0 saturated carbocycles. The smallest absolute Gasteiger partial charge is 0.227 e. The lowest BCUT2D eigenvalue weighted by Gasteiger charge is -2.29. The molecule has 0 unspecified atom stereocenters. The van der Waals surface area contributed by atoms with Gasteiger partial charge in [0.15, 0.2) is 0 Å². The monoisotopic (exact) mass is 247 g/mol. The molecule has 98 valence electrons. The van der Waals surface area contributed by atoms with E-state index in [1.165, 1.54) is 11.1 Å². The Morgan fingerprint density at radius 2 is 2.00 bits per heavy atom. The van der Waals surface area contributed by atoms with Gasteiger partial charge in [0.05, 0.1) is 12.5 Å². The minimum Gasteiger partial charge on any atom is -0.393 e. The van der Waals surface area contributed by atoms with Crippen LogP contribution >= 0.6 is 0 Å². The summed E-state index contributed by atoms with van der Waals surface area (Å²) < 4.78 is 0. The van der Waals surface area contributed by atoms with Crippen LogP contribution in [0.25, 0.3) is 0 Å². The number of carbonyl (C=O) groups excluding carboxylic acids is 1. The first kappa shape index (κ1) is 13.1. The quantitative estimate of drug-likeness (QED) is 0.866. The summed E-state index contributed by atoms with van der Waals surface area (Å²) in [6.07, 6.45) is 1.66. The van der Waals surface area contributed by atoms with Crippen LogP contribution < -0.4 is 0 Å². The van der Waals surface area contributed by atoms with Crippen LogP contribution in [0.5, 0.6) is 0 Å². The number of benzene rings is 1. The van der Waals surface area contributed by atoms with E-state index in [-0.39, 0.29) is 12.0 Å². The number of aryl methyl sites for hydroxylation is 2. The van der Waals surface area contributed by atoms with Gasteiger partial charge in [0, 0.05) is 13.1 Å². The summed E-state index contributed by atoms with van der Waals surface area (Å²) in [7, 11) is 0. The number of hydrogen-bond acceptors (Lipinski definition) is 2. The summed E-state index contributed by atoms with van der Waals surface area (Å²) in [6.45, 7) is 5.46. The van der Waals surface area contributed by atoms with E-state index in [0.29, 0.717) is 32.4 Å². The molecule has 1 aliphatic rings. The Kier molecular flexibility index (Phi) is 4.02. The predicted octanol–water partition coefficient (Wildman–Crippen LogP) is 1.83. The Balaban J connectivity index is 2.00. The highest BCUT2D eigenvalue weighted by atomic mass is 16.3. The molecule has 1 aromatic rings. The zero-order valence-electron chi connectivity index (χ0n) is 11.1. The van der Waals surface area contributed by atoms with E-state index < -0.39 is 0 Å². The SMILES string of the molecule is Cc1ccc(C)c(CC(=O)N2CCC(O)CC2)c1. The molecule has 18 heavy (non-hydrogen) atoms. The van der Waals surface area contributed by atoms with E-state index in [2.05, 4.69) is 18.2 Å². The predicted molar refractivity (Wildman–Crippen MR) is 71.4 cm³/mol. The lowest BCUT2D eigenvalue weighted by molar-refractivity contribution is -0.132. The van der Waals surface area contributed by atoms with Crippen LogP contribution in [0.2, 0.25) is 0 Å². The number of likely N-dealkylation sites (tertiary alicyclic amines) is 1. The number of rotatable bonds is 2. The highest BCUT2D eigenvalue weighted by Gasteiger charge is 2.21. The minimum atomic E-state index is -0.227. The molecular weight excluding hydrogens is 226 g/mol. The molecule has 0 aromatic heterocycles. The van der Waals surface area contributed by atoms with Gasteiger partial charge in [-0.25, -0.2) is 0 Å². The average Bonchev–Trinajstić information content (AvgIpc) is 2.34. The Hall–Kier alpha value is -1.35. The molecule has 3 nitrogen and oxygen atoms in total. The Morgan fingerprint density at radius 1 is 1.33 bits per heavy atom. The first-order valence-corrected chi connectivity index (χ1v) is 6.58. The van der Waals surface area contributed by atoms with E-state index in [4.69, 9.17) is 0 Å². The van der Waals surface area contributed by atoms with Crippen molar-refractivity contribution in [3.8, 4) is 0 Å². The fourth-order valence-corrected chi connectivity index (χ4v) is 2.38. The average molecular weight is 247 g/mol. The molecule has 0 aliphatic carbocycles. The summed E-state index contributed by atoms with van der Waals surface area (Å²) in [5.74, 6) is 0.176. The zero-order valence-corrected chi connectivity index (χ0v) is 11.1. The summed E-state index contributed by atoms with van der Waals surface area (Å²) in [4.78, 5) is 14.1. The van der Waals surface area contributed by atoms with Crippen molar-refractivity contribution in [3.05, 3.63) is 34.9 Å². The van der Waals surface area contributed by atoms with Crippen molar-refractivity contribution in [3.63, 3.8) is 0 Å². The van der Waals surface area contributed by atoms with Crippen LogP contribution in [0.1, 0.15) is 29.5 Å². The molecule has 3 heteroatoms. The Labute approximate surface area is 108 Å². The number of hydrogen-bond donors (Lipinski definition) is 1. The normalized spacial score (nSPS) is 16.9. The van der Waals surface area contributed by atoms with Crippen molar-refractivity contribution in [2.24, 2.45) is 0 Å². The summed E-state index contributed by atoms with van der Waals surface area (Å²) in [5, 5.41) is 9.44. The number of aliphatic hydroxyl groups is 1. The number of piperidine rings is 1. The van der Waals surface area contributed by atoms with Gasteiger partial charge in [-0.1, -0.05) is 23.8 Å². The van der Waals surface area contributed by atoms with Crippen LogP contribution in [0.3, 0.4) is 0 Å². The van der Waals surface area contributed by atoms with Crippen LogP contribution in [0.15, 0.2) is 18.2 Å². The van der Waals surface area contributed by atoms with Crippen molar-refractivity contribution in [2.75, 3.05) is 13.1 Å². The third-order valence-electron chi connectivity index (χ3n) is 3.66. The lowest BCUT2D eigenvalue weighted by atomic mass is 10.0. The van der Waals surface area contributed by atoms with Crippen molar-refractivity contribution < 1.29 is 9.90 Å². The fraction of sp³-hybridized carbons (Fsp3) is 0.533. The largest absolute Gasteiger partial charge is 0.393 e. The summed E-state index contributed by atoms with van der Waals surface area (Å²) in [6, 6.07) is 6.23. The molecule has 1 aromatic carbocycles. The Morgan fingerprint density at radius 3 is 2.67 bits per heavy atom. The first-order valence-electron chi connectivity index (χ1n) is 6.58. The second kappa shape index (κ2) is 5.53. The van der Waals surface area contributed by atoms with Crippen molar-refractivity contribution in [2.45, 2.75) is 39.2 Å². The molecule has 0 bridgehead atoms. The minimum absolute atomic E-state index is 0.176. The third kappa shape index (κ3) is 3.10. The van der Waals surface area contributed by atoms with Gasteiger partial charge in [-0.2, -0.15) is 0 Å². The van der Waals surface area contributed by atoms with Gasteiger partial charge in [-0.3, -0.25) is 4.79 Å². The maximum absolute atomic E-state index is 12.2. The number of carbonyl (C=O) groups is 1. The molecule has 1 aliphatic heterocycles. The van der Waals surface area contributed by atoms with E-state index in [9.17, 15) is 9.90 Å². The van der Waals surface area contributed by atoms with Gasteiger partial charge in [0.2, 0.25) is 5.91 Å². The van der Waals surface area contributed by atoms with Gasteiger partial charge in [0.25, 0.3) is 0 Å². The molecule has 1 amide bonds. The van der Waals surface area contributed by atoms with Gasteiger partial charge < -0.3 is 10.0 Å². The second-order valence-corrected chi connectivity index (χ2v) is 5.22. The highest BCUT2D eigenvalue weighted by molar-refractivity contribution is 5.79. The van der Waals surface area contributed by atoms with E-state index in [1.54, 1.807) is 0 Å². The van der Waals surface area contributed by atoms with E-state index in [0.717, 1.165) is 5.56 Å². The molecule has 0 atom stereocenters. The Bertz CT molecular complexity index is 434. The highest BCUT2D eigenvalue weighted by Crippen LogP contribution is 2.15. The third-order valence-corrected chi connectivity index (χ3v) is 3.66. The standard InChI is InChI=1S/C15H21NO2/c1-11-3-4-12(2)13(9-11)10-15(18)16-7-5-14(17)6-8-16/h3-4,9,14,17H,5-8,10H2,1-2H3. The molecular formula is C15H21NO2.